The van der Waals surface area contributed by atoms with E-state index in [4.69, 9.17) is 4.74 Å². The highest BCUT2D eigenvalue weighted by molar-refractivity contribution is 7.84. The number of benzene rings is 3. The van der Waals surface area contributed by atoms with Crippen molar-refractivity contribution in [2.75, 3.05) is 0 Å². The van der Waals surface area contributed by atoms with Gasteiger partial charge >= 0.3 is 0 Å². The van der Waals surface area contributed by atoms with E-state index in [9.17, 15) is 0 Å². The standard InChI is InChI=1S/C23H19NP/c1-4-12-20(13-5-1)24-25(23-18-10-11-19-23,21-14-6-2-7-15-21)22-16-8-3-9-17-22/h1-19H. The number of rotatable bonds is 4. The van der Waals surface area contributed by atoms with Gasteiger partial charge in [0.25, 0.3) is 0 Å². The summed E-state index contributed by atoms with van der Waals surface area (Å²) in [6.45, 7) is 0. The normalized spacial score (nSPS) is 15.2. The Hall–Kier alpha value is -2.11. The first-order chi connectivity index (χ1) is 12.4. The second kappa shape index (κ2) is 7.42. The maximum Gasteiger partial charge on any atom is 0.0621 e. The van der Waals surface area contributed by atoms with Gasteiger partial charge in [0.2, 0.25) is 0 Å². The van der Waals surface area contributed by atoms with Crippen molar-refractivity contribution in [2.24, 2.45) is 4.74 Å². The Balaban J connectivity index is 2.03. The van der Waals surface area contributed by atoms with E-state index in [-0.39, 0.29) is 0 Å². The van der Waals surface area contributed by atoms with E-state index in [2.05, 4.69) is 111 Å². The van der Waals surface area contributed by atoms with Gasteiger partial charge in [0.05, 0.1) is 5.69 Å². The fourth-order valence-corrected chi connectivity index (χ4v) is 6.69. The minimum absolute atomic E-state index is 1.02. The smallest absolute Gasteiger partial charge is 0.0621 e. The van der Waals surface area contributed by atoms with Gasteiger partial charge in [-0.15, -0.1) is 0 Å². The van der Waals surface area contributed by atoms with Gasteiger partial charge in [-0.2, -0.15) is 0 Å². The van der Waals surface area contributed by atoms with E-state index < -0.39 is 7.05 Å². The van der Waals surface area contributed by atoms with Crippen molar-refractivity contribution in [3.05, 3.63) is 122 Å². The molecule has 5 radical (unpaired) electrons. The highest BCUT2D eigenvalue weighted by Gasteiger charge is 2.37. The maximum atomic E-state index is 5.38. The largest absolute Gasteiger partial charge is 0.258 e. The Morgan fingerprint density at radius 1 is 0.520 bits per heavy atom. The molecule has 3 aromatic carbocycles. The molecule has 3 aromatic rings. The molecule has 0 unspecified atom stereocenters. The summed E-state index contributed by atoms with van der Waals surface area (Å²) in [5.74, 6) is 0. The molecular formula is C23H19NP. The molecule has 0 atom stereocenters. The first-order valence-electron chi connectivity index (χ1n) is 8.40. The molecule has 0 saturated heterocycles. The van der Waals surface area contributed by atoms with Crippen molar-refractivity contribution < 1.29 is 0 Å². The number of hydrogen-bond donors (Lipinski definition) is 0. The highest BCUT2D eigenvalue weighted by Crippen LogP contribution is 2.62. The third-order valence-corrected chi connectivity index (χ3v) is 7.97. The van der Waals surface area contributed by atoms with E-state index in [1.54, 1.807) is 0 Å². The van der Waals surface area contributed by atoms with Crippen LogP contribution in [0.2, 0.25) is 0 Å². The Bertz CT molecular complexity index is 807. The molecule has 0 aromatic heterocycles. The van der Waals surface area contributed by atoms with Crippen LogP contribution in [0.5, 0.6) is 0 Å². The first-order valence-corrected chi connectivity index (χ1v) is 10.1. The summed E-state index contributed by atoms with van der Waals surface area (Å²) in [6.07, 6.45) is 8.63. The van der Waals surface area contributed by atoms with Crippen LogP contribution in [0.25, 0.3) is 0 Å². The van der Waals surface area contributed by atoms with Crippen molar-refractivity contribution in [3.8, 4) is 0 Å². The third kappa shape index (κ3) is 3.22. The van der Waals surface area contributed by atoms with Crippen LogP contribution in [-0.2, 0) is 0 Å². The molecule has 0 aliphatic heterocycles. The Kier molecular flexibility index (Phi) is 4.85. The molecule has 0 heterocycles. The van der Waals surface area contributed by atoms with Crippen LogP contribution in [-0.4, -0.2) is 0 Å². The van der Waals surface area contributed by atoms with Crippen molar-refractivity contribution in [1.29, 1.82) is 0 Å². The molecular weight excluding hydrogens is 321 g/mol. The lowest BCUT2D eigenvalue weighted by Crippen LogP contribution is -2.20. The van der Waals surface area contributed by atoms with Crippen LogP contribution in [0.4, 0.5) is 5.69 Å². The fraction of sp³-hybridized carbons (Fsp3) is 0. The van der Waals surface area contributed by atoms with Crippen LogP contribution in [0, 0.1) is 31.3 Å². The molecule has 121 valence electrons. The molecule has 4 rings (SSSR count). The molecule has 2 heteroatoms. The summed E-state index contributed by atoms with van der Waals surface area (Å²) >= 11 is 0. The molecule has 0 spiro atoms. The number of nitrogens with zero attached hydrogens (tertiary/aromatic N) is 1. The van der Waals surface area contributed by atoms with Gasteiger partial charge in [-0.3, -0.25) is 4.74 Å². The molecule has 0 bridgehead atoms. The van der Waals surface area contributed by atoms with Crippen LogP contribution in [0.3, 0.4) is 0 Å². The quantitative estimate of drug-likeness (QED) is 0.554. The zero-order valence-corrected chi connectivity index (χ0v) is 14.8. The van der Waals surface area contributed by atoms with Crippen molar-refractivity contribution >= 4 is 23.4 Å². The Morgan fingerprint density at radius 2 is 0.960 bits per heavy atom. The summed E-state index contributed by atoms with van der Waals surface area (Å²) in [5.41, 5.74) is 2.30. The number of hydrogen-bond acceptors (Lipinski definition) is 1. The average molecular weight is 340 g/mol. The summed E-state index contributed by atoms with van der Waals surface area (Å²) < 4.78 is 5.38. The SMILES string of the molecule is [CH]1[CH][CH][C](P(=Nc2ccccc2)(c2ccccc2)c2ccccc2)[CH]1. The third-order valence-electron chi connectivity index (χ3n) is 4.30. The van der Waals surface area contributed by atoms with Crippen LogP contribution >= 0.6 is 7.05 Å². The minimum atomic E-state index is -2.10. The zero-order valence-electron chi connectivity index (χ0n) is 13.9. The molecule has 25 heavy (non-hydrogen) atoms. The Labute approximate surface area is 150 Å². The van der Waals surface area contributed by atoms with Gasteiger partial charge in [0, 0.05) is 12.7 Å². The van der Waals surface area contributed by atoms with E-state index >= 15 is 0 Å². The lowest BCUT2D eigenvalue weighted by molar-refractivity contribution is 1.46. The van der Waals surface area contributed by atoms with Crippen molar-refractivity contribution in [1.82, 2.24) is 0 Å². The lowest BCUT2D eigenvalue weighted by atomic mass is 10.3. The van der Waals surface area contributed by atoms with Gasteiger partial charge in [0.15, 0.2) is 0 Å². The van der Waals surface area contributed by atoms with Crippen molar-refractivity contribution in [2.45, 2.75) is 0 Å². The van der Waals surface area contributed by atoms with Gasteiger partial charge in [-0.05, 0) is 48.4 Å². The Morgan fingerprint density at radius 3 is 1.44 bits per heavy atom. The maximum absolute atomic E-state index is 5.38. The summed E-state index contributed by atoms with van der Waals surface area (Å²) in [6, 6.07) is 31.7. The molecule has 1 aliphatic carbocycles. The van der Waals surface area contributed by atoms with E-state index in [1.165, 1.54) is 16.3 Å². The molecule has 0 amide bonds. The molecule has 1 nitrogen and oxygen atoms in total. The second-order valence-electron chi connectivity index (χ2n) is 5.89. The van der Waals surface area contributed by atoms with Crippen LogP contribution in [0.1, 0.15) is 0 Å². The summed E-state index contributed by atoms with van der Waals surface area (Å²) in [7, 11) is -2.10. The van der Waals surface area contributed by atoms with Crippen molar-refractivity contribution in [3.63, 3.8) is 0 Å². The lowest BCUT2D eigenvalue weighted by Gasteiger charge is -2.31. The van der Waals surface area contributed by atoms with Gasteiger partial charge in [-0.25, -0.2) is 0 Å². The summed E-state index contributed by atoms with van der Waals surface area (Å²) in [4.78, 5) is 0. The molecule has 1 fully saturated rings. The monoisotopic (exact) mass is 340 g/mol. The summed E-state index contributed by atoms with van der Waals surface area (Å²) in [5, 5.41) is 2.55. The molecule has 1 saturated carbocycles. The topological polar surface area (TPSA) is 12.4 Å². The van der Waals surface area contributed by atoms with E-state index in [0.29, 0.717) is 0 Å². The predicted octanol–water partition coefficient (Wildman–Crippen LogP) is 5.53. The van der Waals surface area contributed by atoms with E-state index in [1.807, 2.05) is 6.07 Å². The molecule has 1 aliphatic rings. The predicted molar refractivity (Wildman–Crippen MR) is 108 cm³/mol. The second-order valence-corrected chi connectivity index (χ2v) is 8.91. The van der Waals surface area contributed by atoms with Crippen LogP contribution < -0.4 is 10.6 Å². The van der Waals surface area contributed by atoms with Gasteiger partial charge in [0.1, 0.15) is 0 Å². The van der Waals surface area contributed by atoms with Crippen LogP contribution in [0.15, 0.2) is 95.7 Å². The highest BCUT2D eigenvalue weighted by atomic mass is 31.2. The first kappa shape index (κ1) is 16.4. The van der Waals surface area contributed by atoms with Gasteiger partial charge < -0.3 is 0 Å². The van der Waals surface area contributed by atoms with Gasteiger partial charge in [-0.1, -0.05) is 78.9 Å². The average Bonchev–Trinajstić information content (AvgIpc) is 3.23. The van der Waals surface area contributed by atoms with E-state index in [0.717, 1.165) is 5.69 Å². The zero-order chi connectivity index (χ0) is 17.0. The minimum Gasteiger partial charge on any atom is -0.258 e. The fourth-order valence-electron chi connectivity index (χ4n) is 3.16. The molecule has 0 N–H and O–H groups in total.